The van der Waals surface area contributed by atoms with E-state index < -0.39 is 5.60 Å². The molecule has 8 nitrogen and oxygen atoms in total. The van der Waals surface area contributed by atoms with E-state index in [9.17, 15) is 9.59 Å². The molecule has 1 aliphatic rings. The number of hydrogen-bond donors (Lipinski definition) is 1. The molecular weight excluding hydrogens is 390 g/mol. The molecule has 25 heavy (non-hydrogen) atoms. The van der Waals surface area contributed by atoms with Crippen LogP contribution in [0, 0.1) is 6.92 Å². The minimum absolute atomic E-state index is 0.197. The normalized spacial score (nSPS) is 15.4. The quantitative estimate of drug-likeness (QED) is 0.780. The summed E-state index contributed by atoms with van der Waals surface area (Å²) in [6.45, 7) is 8.20. The molecule has 0 aliphatic carbocycles. The highest BCUT2D eigenvalue weighted by atomic mass is 79.9. The Labute approximate surface area is 153 Å². The van der Waals surface area contributed by atoms with Gasteiger partial charge in [-0.25, -0.2) is 9.78 Å². The predicted octanol–water partition coefficient (Wildman–Crippen LogP) is 2.51. The van der Waals surface area contributed by atoms with Crippen LogP contribution in [0.1, 0.15) is 38.4 Å². The van der Waals surface area contributed by atoms with Gasteiger partial charge in [0, 0.05) is 13.1 Å². The fourth-order valence-electron chi connectivity index (χ4n) is 2.75. The van der Waals surface area contributed by atoms with Gasteiger partial charge >= 0.3 is 6.09 Å². The molecule has 3 rings (SSSR count). The van der Waals surface area contributed by atoms with Crippen molar-refractivity contribution >= 4 is 33.4 Å². The Kier molecular flexibility index (Phi) is 4.44. The summed E-state index contributed by atoms with van der Waals surface area (Å²) in [5, 5.41) is 2.82. The van der Waals surface area contributed by atoms with Crippen molar-refractivity contribution in [2.24, 2.45) is 0 Å². The summed E-state index contributed by atoms with van der Waals surface area (Å²) >= 11 is 3.21. The first-order chi connectivity index (χ1) is 11.7. The molecule has 2 aromatic rings. The van der Waals surface area contributed by atoms with Crippen LogP contribution in [0.4, 0.5) is 4.79 Å². The smallest absolute Gasteiger partial charge is 0.410 e. The van der Waals surface area contributed by atoms with E-state index in [0.717, 1.165) is 5.57 Å². The molecule has 0 bridgehead atoms. The summed E-state index contributed by atoms with van der Waals surface area (Å²) in [7, 11) is 0. The van der Waals surface area contributed by atoms with Crippen molar-refractivity contribution in [3.8, 4) is 0 Å². The summed E-state index contributed by atoms with van der Waals surface area (Å²) in [6.07, 6.45) is 2.11. The van der Waals surface area contributed by atoms with E-state index in [1.807, 2.05) is 26.8 Å². The van der Waals surface area contributed by atoms with Crippen molar-refractivity contribution in [3.05, 3.63) is 32.4 Å². The van der Waals surface area contributed by atoms with Crippen LogP contribution in [0.3, 0.4) is 0 Å². The number of nitrogens with zero attached hydrogens (tertiary/aromatic N) is 4. The number of hydrogen-bond acceptors (Lipinski definition) is 5. The van der Waals surface area contributed by atoms with Crippen LogP contribution in [-0.4, -0.2) is 49.3 Å². The highest BCUT2D eigenvalue weighted by Gasteiger charge is 2.25. The van der Waals surface area contributed by atoms with Gasteiger partial charge in [-0.3, -0.25) is 9.89 Å². The van der Waals surface area contributed by atoms with E-state index in [-0.39, 0.29) is 11.7 Å². The lowest BCUT2D eigenvalue weighted by molar-refractivity contribution is 0.0270. The second-order valence-corrected chi connectivity index (χ2v) is 7.68. The topological polar surface area (TPSA) is 92.6 Å². The van der Waals surface area contributed by atoms with Gasteiger partial charge in [0.05, 0.1) is 11.3 Å². The van der Waals surface area contributed by atoms with Gasteiger partial charge < -0.3 is 9.64 Å². The lowest BCUT2D eigenvalue weighted by Crippen LogP contribution is -2.39. The van der Waals surface area contributed by atoms with Crippen molar-refractivity contribution in [1.29, 1.82) is 0 Å². The van der Waals surface area contributed by atoms with Gasteiger partial charge in [-0.05, 0) is 55.6 Å². The Hall–Kier alpha value is -2.16. The van der Waals surface area contributed by atoms with Crippen LogP contribution < -0.4 is 5.56 Å². The lowest BCUT2D eigenvalue weighted by atomic mass is 9.99. The third-order valence-corrected chi connectivity index (χ3v) is 4.19. The SMILES string of the molecule is Cc1nc2nc(Br)[nH]n2c(=O)c1C1=CCN(C(=O)OC(C)(C)C)CC1. The van der Waals surface area contributed by atoms with Gasteiger partial charge in [0.1, 0.15) is 5.60 Å². The average molecular weight is 410 g/mol. The van der Waals surface area contributed by atoms with E-state index >= 15 is 0 Å². The number of carbonyl (C=O) groups is 1. The third-order valence-electron chi connectivity index (χ3n) is 3.83. The molecule has 0 spiro atoms. The lowest BCUT2D eigenvalue weighted by Gasteiger charge is -2.29. The fourth-order valence-corrected chi connectivity index (χ4v) is 3.09. The third kappa shape index (κ3) is 3.60. The zero-order chi connectivity index (χ0) is 18.4. The molecule has 0 saturated carbocycles. The monoisotopic (exact) mass is 409 g/mol. The molecular formula is C16H20BrN5O3. The Balaban J connectivity index is 1.88. The molecule has 0 fully saturated rings. The van der Waals surface area contributed by atoms with Gasteiger partial charge in [-0.1, -0.05) is 6.08 Å². The average Bonchev–Trinajstić information content (AvgIpc) is 2.87. The highest BCUT2D eigenvalue weighted by molar-refractivity contribution is 9.10. The van der Waals surface area contributed by atoms with E-state index in [0.29, 0.717) is 41.3 Å². The van der Waals surface area contributed by atoms with Gasteiger partial charge in [-0.15, -0.1) is 0 Å². The molecule has 1 amide bonds. The zero-order valence-corrected chi connectivity index (χ0v) is 16.2. The Morgan fingerprint density at radius 1 is 1.36 bits per heavy atom. The molecule has 0 atom stereocenters. The first-order valence-electron chi connectivity index (χ1n) is 7.98. The van der Waals surface area contributed by atoms with Crippen LogP contribution in [0.2, 0.25) is 0 Å². The summed E-state index contributed by atoms with van der Waals surface area (Å²) in [5.41, 5.74) is 1.34. The van der Waals surface area contributed by atoms with E-state index in [2.05, 4.69) is 31.0 Å². The van der Waals surface area contributed by atoms with Crippen molar-refractivity contribution < 1.29 is 9.53 Å². The summed E-state index contributed by atoms with van der Waals surface area (Å²) in [4.78, 5) is 35.0. The van der Waals surface area contributed by atoms with E-state index in [4.69, 9.17) is 4.74 Å². The van der Waals surface area contributed by atoms with Crippen molar-refractivity contribution in [2.75, 3.05) is 13.1 Å². The number of aryl methyl sites for hydroxylation is 1. The summed E-state index contributed by atoms with van der Waals surface area (Å²) < 4.78 is 7.15. The zero-order valence-electron chi connectivity index (χ0n) is 14.6. The number of amides is 1. The number of rotatable bonds is 1. The largest absolute Gasteiger partial charge is 0.444 e. The second-order valence-electron chi connectivity index (χ2n) is 6.93. The van der Waals surface area contributed by atoms with Gasteiger partial charge in [0.25, 0.3) is 11.3 Å². The molecule has 9 heteroatoms. The molecule has 1 aliphatic heterocycles. The molecule has 0 radical (unpaired) electrons. The minimum Gasteiger partial charge on any atom is -0.444 e. The molecule has 0 aromatic carbocycles. The Morgan fingerprint density at radius 2 is 2.08 bits per heavy atom. The summed E-state index contributed by atoms with van der Waals surface area (Å²) in [5.74, 6) is 0.324. The number of carbonyl (C=O) groups excluding carboxylic acids is 1. The predicted molar refractivity (Wildman–Crippen MR) is 96.4 cm³/mol. The second kappa shape index (κ2) is 6.29. The van der Waals surface area contributed by atoms with Crippen molar-refractivity contribution in [1.82, 2.24) is 24.5 Å². The number of aromatic nitrogens is 4. The minimum atomic E-state index is -0.528. The highest BCUT2D eigenvalue weighted by Crippen LogP contribution is 2.23. The molecule has 0 unspecified atom stereocenters. The molecule has 2 aromatic heterocycles. The van der Waals surface area contributed by atoms with E-state index in [1.165, 1.54) is 4.52 Å². The van der Waals surface area contributed by atoms with Gasteiger partial charge in [-0.2, -0.15) is 9.50 Å². The summed E-state index contributed by atoms with van der Waals surface area (Å²) in [6, 6.07) is 0. The maximum atomic E-state index is 12.7. The van der Waals surface area contributed by atoms with Crippen LogP contribution in [0.15, 0.2) is 15.6 Å². The number of ether oxygens (including phenoxy) is 1. The number of nitrogens with one attached hydrogen (secondary N) is 1. The Bertz CT molecular complexity index is 922. The van der Waals surface area contributed by atoms with Crippen LogP contribution >= 0.6 is 15.9 Å². The van der Waals surface area contributed by atoms with Gasteiger partial charge in [0.15, 0.2) is 4.73 Å². The number of aromatic amines is 1. The number of halogens is 1. The first-order valence-corrected chi connectivity index (χ1v) is 8.77. The molecule has 3 heterocycles. The molecule has 0 saturated heterocycles. The van der Waals surface area contributed by atoms with Crippen LogP contribution in [-0.2, 0) is 4.74 Å². The standard InChI is InChI=1S/C16H20BrN5O3/c1-9-11(12(23)22-14(18-9)19-13(17)20-22)10-5-7-21(8-6-10)15(24)25-16(2,3)4/h5H,6-8H2,1-4H3,(H,18,19,20). The van der Waals surface area contributed by atoms with Crippen molar-refractivity contribution in [3.63, 3.8) is 0 Å². The first kappa shape index (κ1) is 17.7. The maximum Gasteiger partial charge on any atom is 0.410 e. The molecule has 1 N–H and O–H groups in total. The van der Waals surface area contributed by atoms with Crippen LogP contribution in [0.25, 0.3) is 11.4 Å². The molecule has 134 valence electrons. The van der Waals surface area contributed by atoms with Crippen molar-refractivity contribution in [2.45, 2.75) is 39.7 Å². The number of H-pyrrole nitrogens is 1. The fraction of sp³-hybridized carbons (Fsp3) is 0.500. The van der Waals surface area contributed by atoms with Crippen LogP contribution in [0.5, 0.6) is 0 Å². The van der Waals surface area contributed by atoms with Gasteiger partial charge in [0.2, 0.25) is 0 Å². The maximum absolute atomic E-state index is 12.7. The Morgan fingerprint density at radius 3 is 2.68 bits per heavy atom. The number of fused-ring (bicyclic) bond motifs is 1. The van der Waals surface area contributed by atoms with E-state index in [1.54, 1.807) is 11.8 Å².